The molecule has 2 heterocycles. The lowest BCUT2D eigenvalue weighted by molar-refractivity contribution is -0.128. The van der Waals surface area contributed by atoms with Crippen molar-refractivity contribution >= 4 is 29.4 Å². The van der Waals surface area contributed by atoms with E-state index in [1.807, 2.05) is 23.1 Å². The number of amides is 1. The van der Waals surface area contributed by atoms with Crippen molar-refractivity contribution in [2.24, 2.45) is 0 Å². The Balaban J connectivity index is 1.61. The molecule has 0 radical (unpaired) electrons. The number of likely N-dealkylation sites (tertiary alicyclic amines) is 1. The first kappa shape index (κ1) is 17.3. The standard InChI is InChI=1S/C18H21N3OS2/c22-16(21-12-6-1-2-7-13-21)14-23-17-18(20-11-10-19-17)24-15-8-4-3-5-9-15/h3-5,8-11H,1-2,6-7,12-14H2. The molecule has 6 heteroatoms. The Bertz CT molecular complexity index is 658. The second-order valence-corrected chi connectivity index (χ2v) is 7.69. The molecule has 126 valence electrons. The Labute approximate surface area is 151 Å². The lowest BCUT2D eigenvalue weighted by Crippen LogP contribution is -2.33. The van der Waals surface area contributed by atoms with Gasteiger partial charge in [0.05, 0.1) is 5.75 Å². The highest BCUT2D eigenvalue weighted by Crippen LogP contribution is 2.32. The number of carbonyl (C=O) groups is 1. The molecule has 0 saturated carbocycles. The van der Waals surface area contributed by atoms with E-state index in [1.165, 1.54) is 24.6 Å². The van der Waals surface area contributed by atoms with Crippen LogP contribution in [0.4, 0.5) is 0 Å². The first-order valence-electron chi connectivity index (χ1n) is 8.27. The number of carbonyl (C=O) groups excluding carboxylic acids is 1. The summed E-state index contributed by atoms with van der Waals surface area (Å²) in [5.74, 6) is 0.643. The molecule has 1 aromatic heterocycles. The van der Waals surface area contributed by atoms with Gasteiger partial charge in [-0.3, -0.25) is 4.79 Å². The van der Waals surface area contributed by atoms with Gasteiger partial charge in [0, 0.05) is 30.4 Å². The van der Waals surface area contributed by atoms with Gasteiger partial charge in [0.25, 0.3) is 0 Å². The SMILES string of the molecule is O=C(CSc1nccnc1Sc1ccccc1)N1CCCCCC1. The fraction of sp³-hybridized carbons (Fsp3) is 0.389. The minimum Gasteiger partial charge on any atom is -0.342 e. The van der Waals surface area contributed by atoms with E-state index in [4.69, 9.17) is 0 Å². The van der Waals surface area contributed by atoms with Gasteiger partial charge in [-0.1, -0.05) is 54.6 Å². The largest absolute Gasteiger partial charge is 0.342 e. The number of benzene rings is 1. The van der Waals surface area contributed by atoms with Gasteiger partial charge in [0.15, 0.2) is 0 Å². The van der Waals surface area contributed by atoms with Gasteiger partial charge in [-0.15, -0.1) is 0 Å². The Hall–Kier alpha value is -1.53. The van der Waals surface area contributed by atoms with Crippen LogP contribution in [-0.2, 0) is 4.79 Å². The highest BCUT2D eigenvalue weighted by molar-refractivity contribution is 8.02. The molecule has 24 heavy (non-hydrogen) atoms. The Morgan fingerprint density at radius 1 is 0.958 bits per heavy atom. The number of hydrogen-bond acceptors (Lipinski definition) is 5. The number of hydrogen-bond donors (Lipinski definition) is 0. The van der Waals surface area contributed by atoms with Gasteiger partial charge in [0.2, 0.25) is 5.91 Å². The van der Waals surface area contributed by atoms with Crippen molar-refractivity contribution < 1.29 is 4.79 Å². The molecule has 0 aliphatic carbocycles. The van der Waals surface area contributed by atoms with E-state index in [0.29, 0.717) is 5.75 Å². The van der Waals surface area contributed by atoms with Gasteiger partial charge < -0.3 is 4.90 Å². The highest BCUT2D eigenvalue weighted by Gasteiger charge is 2.17. The maximum absolute atomic E-state index is 12.4. The molecule has 0 atom stereocenters. The van der Waals surface area contributed by atoms with Crippen molar-refractivity contribution in [2.45, 2.75) is 40.6 Å². The van der Waals surface area contributed by atoms with Crippen molar-refractivity contribution in [2.75, 3.05) is 18.8 Å². The molecule has 0 unspecified atom stereocenters. The zero-order valence-corrected chi connectivity index (χ0v) is 15.2. The van der Waals surface area contributed by atoms with Crippen LogP contribution in [0.1, 0.15) is 25.7 Å². The van der Waals surface area contributed by atoms with Crippen molar-refractivity contribution in [3.8, 4) is 0 Å². The quantitative estimate of drug-likeness (QED) is 0.752. The zero-order valence-electron chi connectivity index (χ0n) is 13.6. The molecule has 1 aliphatic heterocycles. The molecule has 1 saturated heterocycles. The predicted molar refractivity (Wildman–Crippen MR) is 98.4 cm³/mol. The normalized spacial score (nSPS) is 15.1. The van der Waals surface area contributed by atoms with E-state index in [-0.39, 0.29) is 5.91 Å². The lowest BCUT2D eigenvalue weighted by atomic mass is 10.2. The Kier molecular flexibility index (Phi) is 6.55. The number of aromatic nitrogens is 2. The van der Waals surface area contributed by atoms with Crippen molar-refractivity contribution in [1.82, 2.24) is 14.9 Å². The van der Waals surface area contributed by atoms with E-state index >= 15 is 0 Å². The molecule has 1 aromatic carbocycles. The highest BCUT2D eigenvalue weighted by atomic mass is 32.2. The molecule has 1 fully saturated rings. The van der Waals surface area contributed by atoms with Gasteiger partial charge >= 0.3 is 0 Å². The first-order valence-corrected chi connectivity index (χ1v) is 10.1. The minimum absolute atomic E-state index is 0.211. The molecule has 0 N–H and O–H groups in total. The maximum atomic E-state index is 12.4. The third-order valence-corrected chi connectivity index (χ3v) is 5.97. The molecule has 0 bridgehead atoms. The van der Waals surface area contributed by atoms with Crippen LogP contribution in [-0.4, -0.2) is 39.6 Å². The average Bonchev–Trinajstić information content (AvgIpc) is 2.91. The summed E-state index contributed by atoms with van der Waals surface area (Å²) in [6.45, 7) is 1.79. The zero-order chi connectivity index (χ0) is 16.6. The lowest BCUT2D eigenvalue weighted by Gasteiger charge is -2.20. The van der Waals surface area contributed by atoms with Crippen LogP contribution < -0.4 is 0 Å². The summed E-state index contributed by atoms with van der Waals surface area (Å²) in [5, 5.41) is 1.69. The summed E-state index contributed by atoms with van der Waals surface area (Å²) in [6.07, 6.45) is 8.10. The number of nitrogens with zero attached hydrogens (tertiary/aromatic N) is 3. The average molecular weight is 360 g/mol. The van der Waals surface area contributed by atoms with Gasteiger partial charge in [0.1, 0.15) is 10.1 Å². The van der Waals surface area contributed by atoms with E-state index in [2.05, 4.69) is 22.1 Å². The van der Waals surface area contributed by atoms with Crippen LogP contribution in [0.3, 0.4) is 0 Å². The first-order chi connectivity index (χ1) is 11.8. The monoisotopic (exact) mass is 359 g/mol. The second kappa shape index (κ2) is 9.08. The minimum atomic E-state index is 0.211. The fourth-order valence-electron chi connectivity index (χ4n) is 2.62. The second-order valence-electron chi connectivity index (χ2n) is 5.67. The smallest absolute Gasteiger partial charge is 0.232 e. The number of rotatable bonds is 5. The van der Waals surface area contributed by atoms with Crippen LogP contribution in [0.25, 0.3) is 0 Å². The van der Waals surface area contributed by atoms with Gasteiger partial charge in [-0.25, -0.2) is 9.97 Å². The van der Waals surface area contributed by atoms with Gasteiger partial charge in [-0.05, 0) is 25.0 Å². The molecular weight excluding hydrogens is 338 g/mol. The summed E-state index contributed by atoms with van der Waals surface area (Å²) in [7, 11) is 0. The third kappa shape index (κ3) is 4.98. The fourth-order valence-corrected chi connectivity index (χ4v) is 4.45. The van der Waals surface area contributed by atoms with Gasteiger partial charge in [-0.2, -0.15) is 0 Å². The van der Waals surface area contributed by atoms with E-state index in [1.54, 1.807) is 24.2 Å². The summed E-state index contributed by atoms with van der Waals surface area (Å²) >= 11 is 3.07. The van der Waals surface area contributed by atoms with Crippen LogP contribution in [0, 0.1) is 0 Å². The Morgan fingerprint density at radius 2 is 1.62 bits per heavy atom. The summed E-state index contributed by atoms with van der Waals surface area (Å²) < 4.78 is 0. The summed E-state index contributed by atoms with van der Waals surface area (Å²) in [5.41, 5.74) is 0. The van der Waals surface area contributed by atoms with E-state index in [0.717, 1.165) is 40.9 Å². The molecule has 4 nitrogen and oxygen atoms in total. The van der Waals surface area contributed by atoms with Crippen molar-refractivity contribution in [3.63, 3.8) is 0 Å². The van der Waals surface area contributed by atoms with E-state index < -0.39 is 0 Å². The summed E-state index contributed by atoms with van der Waals surface area (Å²) in [4.78, 5) is 24.4. The van der Waals surface area contributed by atoms with Crippen molar-refractivity contribution in [1.29, 1.82) is 0 Å². The molecule has 3 rings (SSSR count). The molecular formula is C18H21N3OS2. The molecule has 1 aliphatic rings. The predicted octanol–water partition coefficient (Wildman–Crippen LogP) is 4.12. The third-order valence-electron chi connectivity index (χ3n) is 3.88. The molecule has 2 aromatic rings. The van der Waals surface area contributed by atoms with E-state index in [9.17, 15) is 4.79 Å². The molecule has 0 spiro atoms. The summed E-state index contributed by atoms with van der Waals surface area (Å²) in [6, 6.07) is 10.1. The maximum Gasteiger partial charge on any atom is 0.232 e. The van der Waals surface area contributed by atoms with Crippen LogP contribution in [0.15, 0.2) is 57.7 Å². The van der Waals surface area contributed by atoms with Crippen molar-refractivity contribution in [3.05, 3.63) is 42.7 Å². The van der Waals surface area contributed by atoms with Crippen LogP contribution in [0.2, 0.25) is 0 Å². The van der Waals surface area contributed by atoms with Crippen LogP contribution >= 0.6 is 23.5 Å². The van der Waals surface area contributed by atoms with Crippen LogP contribution in [0.5, 0.6) is 0 Å². The number of thioether (sulfide) groups is 1. The topological polar surface area (TPSA) is 46.1 Å². The molecule has 1 amide bonds. The Morgan fingerprint density at radius 3 is 2.33 bits per heavy atom.